The fourth-order valence-electron chi connectivity index (χ4n) is 1.21. The Kier molecular flexibility index (Phi) is 3.53. The van der Waals surface area contributed by atoms with Crippen LogP contribution in [-0.2, 0) is 12.7 Å². The third kappa shape index (κ3) is 2.79. The Morgan fingerprint density at radius 1 is 1.33 bits per heavy atom. The zero-order valence-electron chi connectivity index (χ0n) is 8.90. The smallest absolute Gasteiger partial charge is 0.326 e. The maximum absolute atomic E-state index is 12.5. The first-order valence-electron chi connectivity index (χ1n) is 4.81. The normalized spacial score (nSPS) is 11.8. The molecule has 2 heterocycles. The molecule has 5 nitrogen and oxygen atoms in total. The molecule has 18 heavy (non-hydrogen) atoms. The van der Waals surface area contributed by atoms with E-state index < -0.39 is 11.9 Å². The number of nitrogens with one attached hydrogen (secondary N) is 1. The number of pyridine rings is 1. The van der Waals surface area contributed by atoms with Crippen molar-refractivity contribution in [1.82, 2.24) is 20.2 Å². The summed E-state index contributed by atoms with van der Waals surface area (Å²) >= 11 is 0.955. The van der Waals surface area contributed by atoms with Crippen LogP contribution in [0.15, 0.2) is 28.6 Å². The predicted octanol–water partition coefficient (Wildman–Crippen LogP) is 1.83. The molecule has 0 spiro atoms. The molecular formula is C9H8F3N5S. The number of alkyl halides is 3. The number of H-pyrrole nitrogens is 1. The molecule has 0 aromatic carbocycles. The minimum Gasteiger partial charge on any atom is -0.326 e. The van der Waals surface area contributed by atoms with E-state index in [-0.39, 0.29) is 11.6 Å². The maximum Gasteiger partial charge on any atom is 0.433 e. The molecule has 0 unspecified atom stereocenters. The summed E-state index contributed by atoms with van der Waals surface area (Å²) in [5.41, 5.74) is 5.02. The van der Waals surface area contributed by atoms with Gasteiger partial charge in [0.15, 0.2) is 5.16 Å². The molecule has 0 saturated carbocycles. The molecule has 0 bridgehead atoms. The minimum atomic E-state index is -4.48. The van der Waals surface area contributed by atoms with E-state index in [0.29, 0.717) is 10.7 Å². The van der Waals surface area contributed by atoms with E-state index in [0.717, 1.165) is 17.8 Å². The lowest BCUT2D eigenvalue weighted by atomic mass is 10.2. The molecule has 0 aliphatic rings. The van der Waals surface area contributed by atoms with Crippen molar-refractivity contribution < 1.29 is 13.2 Å². The van der Waals surface area contributed by atoms with Crippen molar-refractivity contribution >= 4 is 11.8 Å². The second-order valence-corrected chi connectivity index (χ2v) is 4.23. The summed E-state index contributed by atoms with van der Waals surface area (Å²) in [4.78, 5) is 7.37. The molecule has 9 heteroatoms. The van der Waals surface area contributed by atoms with Gasteiger partial charge in [0.2, 0.25) is 0 Å². The number of nitrogens with two attached hydrogens (primary N) is 1. The second kappa shape index (κ2) is 4.94. The van der Waals surface area contributed by atoms with Crippen molar-refractivity contribution in [3.8, 4) is 0 Å². The van der Waals surface area contributed by atoms with Crippen LogP contribution in [0.1, 0.15) is 11.3 Å². The van der Waals surface area contributed by atoms with Gasteiger partial charge >= 0.3 is 6.18 Å². The van der Waals surface area contributed by atoms with Crippen molar-refractivity contribution in [3.63, 3.8) is 0 Å². The average molecular weight is 275 g/mol. The van der Waals surface area contributed by atoms with Gasteiger partial charge in [-0.1, -0.05) is 6.07 Å². The number of nitrogens with zero attached hydrogens (tertiary/aromatic N) is 3. The Hall–Kier alpha value is -1.61. The molecule has 0 saturated heterocycles. The van der Waals surface area contributed by atoms with Gasteiger partial charge in [-0.3, -0.25) is 5.10 Å². The summed E-state index contributed by atoms with van der Waals surface area (Å²) in [6.07, 6.45) is -3.22. The molecule has 0 aliphatic heterocycles. The third-order valence-corrected chi connectivity index (χ3v) is 2.97. The summed E-state index contributed by atoms with van der Waals surface area (Å²) in [6, 6.07) is 2.22. The zero-order chi connectivity index (χ0) is 13.2. The number of aromatic amines is 1. The lowest BCUT2D eigenvalue weighted by molar-refractivity contribution is -0.141. The van der Waals surface area contributed by atoms with Crippen molar-refractivity contribution in [2.24, 2.45) is 5.73 Å². The summed E-state index contributed by atoms with van der Waals surface area (Å²) < 4.78 is 37.6. The highest BCUT2D eigenvalue weighted by Gasteiger charge is 2.33. The second-order valence-electron chi connectivity index (χ2n) is 3.26. The van der Waals surface area contributed by atoms with Crippen molar-refractivity contribution in [2.75, 3.05) is 0 Å². The van der Waals surface area contributed by atoms with Gasteiger partial charge in [-0.2, -0.15) is 18.3 Å². The number of halogens is 3. The number of aromatic nitrogens is 4. The zero-order valence-corrected chi connectivity index (χ0v) is 9.72. The van der Waals surface area contributed by atoms with Crippen molar-refractivity contribution in [2.45, 2.75) is 22.9 Å². The fourth-order valence-corrected chi connectivity index (χ4v) is 2.01. The monoisotopic (exact) mass is 275 g/mol. The third-order valence-electron chi connectivity index (χ3n) is 2.04. The highest BCUT2D eigenvalue weighted by molar-refractivity contribution is 7.99. The first-order valence-corrected chi connectivity index (χ1v) is 5.63. The van der Waals surface area contributed by atoms with Crippen LogP contribution in [0.3, 0.4) is 0 Å². The Morgan fingerprint density at radius 3 is 2.67 bits per heavy atom. The average Bonchev–Trinajstić information content (AvgIpc) is 2.80. The van der Waals surface area contributed by atoms with Crippen LogP contribution in [0, 0.1) is 0 Å². The molecule has 3 N–H and O–H groups in total. The highest BCUT2D eigenvalue weighted by atomic mass is 32.2. The lowest BCUT2D eigenvalue weighted by Gasteiger charge is -2.10. The van der Waals surface area contributed by atoms with Crippen molar-refractivity contribution in [3.05, 3.63) is 29.7 Å². The van der Waals surface area contributed by atoms with Crippen LogP contribution in [0.5, 0.6) is 0 Å². The fraction of sp³-hybridized carbons (Fsp3) is 0.222. The molecule has 0 atom stereocenters. The van der Waals surface area contributed by atoms with Crippen LogP contribution in [-0.4, -0.2) is 20.2 Å². The molecule has 2 aromatic rings. The van der Waals surface area contributed by atoms with E-state index in [1.54, 1.807) is 0 Å². The van der Waals surface area contributed by atoms with Crippen LogP contribution in [0.25, 0.3) is 0 Å². The summed E-state index contributed by atoms with van der Waals surface area (Å²) in [7, 11) is 0. The predicted molar refractivity (Wildman–Crippen MR) is 57.6 cm³/mol. The van der Waals surface area contributed by atoms with Gasteiger partial charge in [-0.05, 0) is 23.4 Å². The largest absolute Gasteiger partial charge is 0.433 e. The van der Waals surface area contributed by atoms with E-state index in [4.69, 9.17) is 5.73 Å². The minimum absolute atomic E-state index is 0.0988. The van der Waals surface area contributed by atoms with E-state index in [9.17, 15) is 13.2 Å². The Morgan fingerprint density at radius 2 is 2.11 bits per heavy atom. The number of hydrogen-bond donors (Lipinski definition) is 2. The Bertz CT molecular complexity index is 525. The SMILES string of the molecule is NCc1ccc(C(F)(F)F)nc1Sc1ncn[nH]1. The molecule has 96 valence electrons. The van der Waals surface area contributed by atoms with E-state index in [1.165, 1.54) is 12.4 Å². The summed E-state index contributed by atoms with van der Waals surface area (Å²) in [6.45, 7) is 0.0988. The number of rotatable bonds is 3. The number of hydrogen-bond acceptors (Lipinski definition) is 5. The van der Waals surface area contributed by atoms with Crippen LogP contribution >= 0.6 is 11.8 Å². The van der Waals surface area contributed by atoms with Crippen LogP contribution < -0.4 is 5.73 Å². The molecule has 0 radical (unpaired) electrons. The van der Waals surface area contributed by atoms with Gasteiger partial charge in [0.05, 0.1) is 0 Å². The highest BCUT2D eigenvalue weighted by Crippen LogP contribution is 2.32. The molecule has 2 rings (SSSR count). The van der Waals surface area contributed by atoms with Crippen molar-refractivity contribution in [1.29, 1.82) is 0 Å². The van der Waals surface area contributed by atoms with Gasteiger partial charge in [0.1, 0.15) is 17.0 Å². The summed E-state index contributed by atoms with van der Waals surface area (Å²) in [5, 5.41) is 6.67. The Balaban J connectivity index is 2.37. The lowest BCUT2D eigenvalue weighted by Crippen LogP contribution is -2.10. The quantitative estimate of drug-likeness (QED) is 0.893. The molecule has 0 fully saturated rings. The van der Waals surface area contributed by atoms with Gasteiger partial charge in [0.25, 0.3) is 0 Å². The topological polar surface area (TPSA) is 80.5 Å². The molecule has 0 aliphatic carbocycles. The van der Waals surface area contributed by atoms with E-state index >= 15 is 0 Å². The van der Waals surface area contributed by atoms with E-state index in [1.807, 2.05) is 0 Å². The molecule has 0 amide bonds. The van der Waals surface area contributed by atoms with Gasteiger partial charge < -0.3 is 5.73 Å². The van der Waals surface area contributed by atoms with Gasteiger partial charge in [-0.25, -0.2) is 9.97 Å². The van der Waals surface area contributed by atoms with Gasteiger partial charge in [-0.15, -0.1) is 0 Å². The molecular weight excluding hydrogens is 267 g/mol. The maximum atomic E-state index is 12.5. The standard InChI is InChI=1S/C9H8F3N5S/c10-9(11,12)6-2-1-5(3-13)7(16-6)18-8-14-4-15-17-8/h1-2,4H,3,13H2,(H,14,15,17). The first kappa shape index (κ1) is 12.8. The van der Waals surface area contributed by atoms with Crippen LogP contribution in [0.4, 0.5) is 13.2 Å². The first-order chi connectivity index (χ1) is 8.50. The van der Waals surface area contributed by atoms with E-state index in [2.05, 4.69) is 20.2 Å². The molecule has 2 aromatic heterocycles. The Labute approximate surface area is 104 Å². The van der Waals surface area contributed by atoms with Crippen LogP contribution in [0.2, 0.25) is 0 Å². The summed E-state index contributed by atoms with van der Waals surface area (Å²) in [5.74, 6) is 0. The van der Waals surface area contributed by atoms with Gasteiger partial charge in [0, 0.05) is 6.54 Å².